The van der Waals surface area contributed by atoms with Crippen molar-refractivity contribution in [2.75, 3.05) is 6.61 Å². The first-order chi connectivity index (χ1) is 19.7. The van der Waals surface area contributed by atoms with Gasteiger partial charge in [0.2, 0.25) is 0 Å². The van der Waals surface area contributed by atoms with E-state index in [0.717, 1.165) is 19.3 Å². The van der Waals surface area contributed by atoms with E-state index in [1.54, 1.807) is 0 Å². The van der Waals surface area contributed by atoms with Crippen molar-refractivity contribution >= 4 is 30.7 Å². The molecule has 2 aromatic heterocycles. The van der Waals surface area contributed by atoms with Gasteiger partial charge in [0.1, 0.15) is 24.6 Å². The molecule has 232 valence electrons. The summed E-state index contributed by atoms with van der Waals surface area (Å²) in [5.41, 5.74) is 0.312. The molecule has 1 unspecified atom stereocenters. The summed E-state index contributed by atoms with van der Waals surface area (Å²) in [6.07, 6.45) is 14.3. The van der Waals surface area contributed by atoms with E-state index in [1.807, 2.05) is 0 Å². The third kappa shape index (κ3) is 13.7. The Bertz CT molecular complexity index is 1140. The van der Waals surface area contributed by atoms with E-state index in [-0.39, 0.29) is 88.4 Å². The molecule has 0 aliphatic carbocycles. The number of nitrogens with zero attached hydrogens (tertiary/aromatic N) is 5. The van der Waals surface area contributed by atoms with E-state index >= 15 is 0 Å². The molecule has 0 radical (unpaired) electrons. The number of hydrogen-bond acceptors (Lipinski definition) is 11. The van der Waals surface area contributed by atoms with Crippen molar-refractivity contribution < 1.29 is 98.0 Å². The number of aromatic nitrogens is 4. The average molecular weight is 644 g/mol. The minimum Gasteiger partial charge on any atom is -0.862 e. The zero-order chi connectivity index (χ0) is 29.7. The summed E-state index contributed by atoms with van der Waals surface area (Å²) in [7, 11) is -5.25. The Morgan fingerprint density at radius 2 is 1.56 bits per heavy atom. The Hall–Kier alpha value is 0.01000. The number of imidazole rings is 1. The fourth-order valence-corrected chi connectivity index (χ4v) is 5.65. The van der Waals surface area contributed by atoms with Crippen molar-refractivity contribution in [3.8, 4) is 0 Å². The van der Waals surface area contributed by atoms with Crippen LogP contribution in [-0.2, 0) is 13.8 Å². The van der Waals surface area contributed by atoms with Crippen LogP contribution in [0.25, 0.3) is 11.2 Å². The quantitative estimate of drug-likeness (QED) is 0.0443. The van der Waals surface area contributed by atoms with Crippen molar-refractivity contribution in [2.45, 2.75) is 128 Å². The van der Waals surface area contributed by atoms with Gasteiger partial charge in [-0.15, -0.1) is 0 Å². The summed E-state index contributed by atoms with van der Waals surface area (Å²) in [6.45, 7) is 1.62. The van der Waals surface area contributed by atoms with Crippen LogP contribution in [-0.4, -0.2) is 65.4 Å². The number of aliphatic hydroxyl groups excluding tert-OH is 2. The van der Waals surface area contributed by atoms with E-state index in [9.17, 15) is 29.7 Å². The topological polar surface area (TPSA) is 198 Å². The Morgan fingerprint density at radius 3 is 2.09 bits per heavy atom. The van der Waals surface area contributed by atoms with Crippen LogP contribution in [0.4, 0.5) is 5.82 Å². The molecule has 1 fully saturated rings. The summed E-state index contributed by atoms with van der Waals surface area (Å²) in [6, 6.07) is 0. The average Bonchev–Trinajstić information content (AvgIpc) is 3.49. The van der Waals surface area contributed by atoms with Crippen LogP contribution in [0.15, 0.2) is 17.6 Å². The predicted molar refractivity (Wildman–Crippen MR) is 149 cm³/mol. The number of fused-ring (bicyclic) bond motifs is 1. The van der Waals surface area contributed by atoms with E-state index in [2.05, 4.69) is 31.4 Å². The Morgan fingerprint density at radius 1 is 1.00 bits per heavy atom. The summed E-state index contributed by atoms with van der Waals surface area (Å²) in [5, 5.41) is 32.3. The Balaban J connectivity index is 0.00000462. The van der Waals surface area contributed by atoms with Gasteiger partial charge in [-0.05, 0) is 18.7 Å². The van der Waals surface area contributed by atoms with Crippen LogP contribution in [0.1, 0.15) is 109 Å². The van der Waals surface area contributed by atoms with Crippen LogP contribution in [0, 0.1) is 0 Å². The normalized spacial score (nSPS) is 21.8. The zero-order valence-electron chi connectivity index (χ0n) is 25.8. The molecule has 3 N–H and O–H groups in total. The Labute approximate surface area is 298 Å². The van der Waals surface area contributed by atoms with E-state index in [4.69, 9.17) is 4.74 Å². The Kier molecular flexibility index (Phi) is 20.7. The van der Waals surface area contributed by atoms with Crippen LogP contribution < -0.4 is 69.1 Å². The van der Waals surface area contributed by atoms with Gasteiger partial charge in [0, 0.05) is 0 Å². The number of phosphoric ester groups is 1. The van der Waals surface area contributed by atoms with Crippen LogP contribution in [0.5, 0.6) is 0 Å². The van der Waals surface area contributed by atoms with E-state index in [1.165, 1.54) is 87.9 Å². The summed E-state index contributed by atoms with van der Waals surface area (Å²) >= 11 is 0. The van der Waals surface area contributed by atoms with Gasteiger partial charge in [-0.1, -0.05) is 90.4 Å². The maximum atomic E-state index is 12.5. The van der Waals surface area contributed by atoms with Crippen molar-refractivity contribution in [1.29, 1.82) is 0 Å². The zero-order valence-corrected chi connectivity index (χ0v) is 30.7. The third-order valence-electron chi connectivity index (χ3n) is 7.34. The summed E-state index contributed by atoms with van der Waals surface area (Å²) in [4.78, 5) is 37.0. The predicted octanol–water partition coefficient (Wildman–Crippen LogP) is -2.81. The van der Waals surface area contributed by atoms with Gasteiger partial charge in [-0.3, -0.25) is 9.13 Å². The fourth-order valence-electron chi connectivity index (χ4n) is 5.11. The molecule has 43 heavy (non-hydrogen) atoms. The number of rotatable bonds is 20. The molecular formula is C27H44N5Na2O8P. The number of ether oxygens (including phenoxy) is 1. The van der Waals surface area contributed by atoms with Gasteiger partial charge >= 0.3 is 59.1 Å². The van der Waals surface area contributed by atoms with Crippen molar-refractivity contribution in [1.82, 2.24) is 19.5 Å². The first-order valence-corrected chi connectivity index (χ1v) is 16.3. The van der Waals surface area contributed by atoms with Crippen LogP contribution in [0.2, 0.25) is 0 Å². The number of phosphoric acid groups is 1. The molecule has 0 aromatic carbocycles. The molecule has 2 aromatic rings. The molecule has 3 heterocycles. The van der Waals surface area contributed by atoms with Gasteiger partial charge in [0.05, 0.1) is 12.9 Å². The van der Waals surface area contributed by atoms with Crippen LogP contribution in [0.3, 0.4) is 0 Å². The van der Waals surface area contributed by atoms with Gasteiger partial charge < -0.3 is 34.4 Å². The number of unbranched alkanes of at least 4 members (excludes halogenated alkanes) is 13. The monoisotopic (exact) mass is 643 g/mol. The first-order valence-electron chi connectivity index (χ1n) is 14.8. The SMILES string of the molecule is CCCCCCCCCCCCCCCCC([O-])=Nc1ncnc2c1ncn2[C@@H]1O[C@H](CO)[C@@H](O)[C@H]1OP(=O)([O-])O.[Na+].[Na+]. The maximum Gasteiger partial charge on any atom is 1.00 e. The molecule has 1 saturated heterocycles. The largest absolute Gasteiger partial charge is 1.00 e. The molecule has 0 amide bonds. The van der Waals surface area contributed by atoms with Gasteiger partial charge in [0.25, 0.3) is 7.82 Å². The van der Waals surface area contributed by atoms with Crippen molar-refractivity contribution in [2.24, 2.45) is 4.99 Å². The molecule has 3 rings (SSSR count). The second kappa shape index (κ2) is 21.7. The second-order valence-electron chi connectivity index (χ2n) is 10.6. The minimum atomic E-state index is -5.25. The van der Waals surface area contributed by atoms with Gasteiger partial charge in [0.15, 0.2) is 23.2 Å². The minimum absolute atomic E-state index is 0. The molecule has 0 saturated carbocycles. The molecule has 1 aliphatic rings. The molecule has 5 atom stereocenters. The first kappa shape index (κ1) is 41.0. The molecule has 0 spiro atoms. The number of aliphatic hydroxyl groups is 2. The van der Waals surface area contributed by atoms with Gasteiger partial charge in [-0.2, -0.15) is 0 Å². The molecule has 1 aliphatic heterocycles. The van der Waals surface area contributed by atoms with Crippen molar-refractivity contribution in [3.05, 3.63) is 12.7 Å². The standard InChI is InChI=1S/C27H46N5O8P.2Na/c1-2-3-4-5-6-7-8-9-10-11-12-13-14-15-16-21(34)31-25-22-26(29-18-28-25)32(19-30-22)27-24(40-41(36,37)38)23(35)20(17-33)39-27;;/h18-20,23-24,27,33,35H,2-17H2,1H3,(H2,36,37,38)(H,28,29,31,34);;/q;2*+1/p-2/t20-,23-,24-,27-;;/m1../s1. The fraction of sp³-hybridized carbons (Fsp3) is 0.778. The molecule has 13 nitrogen and oxygen atoms in total. The third-order valence-corrected chi connectivity index (χ3v) is 7.85. The summed E-state index contributed by atoms with van der Waals surface area (Å²) in [5.74, 6) is -0.282. The molecule has 16 heteroatoms. The second-order valence-corrected chi connectivity index (χ2v) is 11.8. The van der Waals surface area contributed by atoms with E-state index < -0.39 is 39.0 Å². The van der Waals surface area contributed by atoms with Crippen molar-refractivity contribution in [3.63, 3.8) is 0 Å². The van der Waals surface area contributed by atoms with E-state index in [0.29, 0.717) is 0 Å². The maximum absolute atomic E-state index is 12.5. The molecule has 0 bridgehead atoms. The van der Waals surface area contributed by atoms with Gasteiger partial charge in [-0.25, -0.2) is 19.9 Å². The summed E-state index contributed by atoms with van der Waals surface area (Å²) < 4.78 is 22.8. The number of aliphatic imine (C=N–C) groups is 1. The molecular weight excluding hydrogens is 599 g/mol. The smallest absolute Gasteiger partial charge is 0.862 e. The number of hydrogen-bond donors (Lipinski definition) is 3. The van der Waals surface area contributed by atoms with Crippen LogP contribution >= 0.6 is 7.82 Å².